The van der Waals surface area contributed by atoms with Gasteiger partial charge >= 0.3 is 5.97 Å². The Balaban J connectivity index is 2.03. The van der Waals surface area contributed by atoms with Crippen molar-refractivity contribution < 1.29 is 14.3 Å². The van der Waals surface area contributed by atoms with E-state index in [1.165, 1.54) is 30.6 Å². The molecular formula is C19H13BrN2O3S. The van der Waals surface area contributed by atoms with Crippen molar-refractivity contribution in [2.75, 3.05) is 7.11 Å². The van der Waals surface area contributed by atoms with Gasteiger partial charge in [-0.15, -0.1) is 6.42 Å². The van der Waals surface area contributed by atoms with Crippen LogP contribution in [-0.2, 0) is 11.3 Å². The Labute approximate surface area is 162 Å². The van der Waals surface area contributed by atoms with Crippen molar-refractivity contribution in [1.29, 1.82) is 0 Å². The first-order valence-electron chi connectivity index (χ1n) is 7.53. The van der Waals surface area contributed by atoms with E-state index in [-0.39, 0.29) is 0 Å². The van der Waals surface area contributed by atoms with Gasteiger partial charge in [-0.05, 0) is 42.5 Å². The standard InChI is InChI=1S/C19H13BrN2O3S/c1-3-10-22-15-9-8-14(20)11-16(15)26-19(22)21-17(23)12-4-6-13(7-5-12)18(24)25-2/h1,4-9,11H,10H2,2H3. The molecule has 3 rings (SSSR count). The van der Waals surface area contributed by atoms with Crippen LogP contribution in [0.1, 0.15) is 20.7 Å². The van der Waals surface area contributed by atoms with E-state index in [1.807, 2.05) is 22.8 Å². The Hall–Kier alpha value is -2.69. The van der Waals surface area contributed by atoms with Crippen molar-refractivity contribution in [3.8, 4) is 12.3 Å². The van der Waals surface area contributed by atoms with Gasteiger partial charge in [0.1, 0.15) is 0 Å². The molecule has 5 nitrogen and oxygen atoms in total. The largest absolute Gasteiger partial charge is 0.465 e. The number of fused-ring (bicyclic) bond motifs is 1. The SMILES string of the molecule is C#CCn1c(=NC(=O)c2ccc(C(=O)OC)cc2)sc2cc(Br)ccc21. The summed E-state index contributed by atoms with van der Waals surface area (Å²) in [5, 5.41) is 0. The number of rotatable bonds is 3. The number of carbonyl (C=O) groups is 2. The van der Waals surface area contributed by atoms with Crippen LogP contribution < -0.4 is 4.80 Å². The molecule has 0 aliphatic heterocycles. The molecule has 3 aromatic rings. The lowest BCUT2D eigenvalue weighted by Crippen LogP contribution is -2.16. The zero-order valence-electron chi connectivity index (χ0n) is 13.7. The van der Waals surface area contributed by atoms with Crippen molar-refractivity contribution >= 4 is 49.4 Å². The quantitative estimate of drug-likeness (QED) is 0.472. The average Bonchev–Trinajstić information content (AvgIpc) is 2.97. The monoisotopic (exact) mass is 428 g/mol. The summed E-state index contributed by atoms with van der Waals surface area (Å²) in [6.45, 7) is 0.315. The molecule has 1 heterocycles. The molecule has 0 aliphatic rings. The van der Waals surface area contributed by atoms with Gasteiger partial charge in [-0.25, -0.2) is 4.79 Å². The third-order valence-electron chi connectivity index (χ3n) is 3.64. The normalized spacial score (nSPS) is 11.3. The lowest BCUT2D eigenvalue weighted by molar-refractivity contribution is 0.0600. The highest BCUT2D eigenvalue weighted by Crippen LogP contribution is 2.22. The minimum Gasteiger partial charge on any atom is -0.465 e. The molecule has 0 saturated carbocycles. The Kier molecular flexibility index (Phi) is 5.35. The van der Waals surface area contributed by atoms with E-state index >= 15 is 0 Å². The highest BCUT2D eigenvalue weighted by Gasteiger charge is 2.11. The van der Waals surface area contributed by atoms with Gasteiger partial charge in [0.25, 0.3) is 5.91 Å². The van der Waals surface area contributed by atoms with E-state index < -0.39 is 11.9 Å². The zero-order chi connectivity index (χ0) is 18.7. The van der Waals surface area contributed by atoms with Crippen molar-refractivity contribution in [2.24, 2.45) is 4.99 Å². The third kappa shape index (κ3) is 3.62. The number of thiazole rings is 1. The minimum atomic E-state index is -0.456. The maximum atomic E-state index is 12.5. The Bertz CT molecular complexity index is 1100. The molecule has 0 unspecified atom stereocenters. The maximum absolute atomic E-state index is 12.5. The molecule has 1 aromatic heterocycles. The second-order valence-electron chi connectivity index (χ2n) is 5.27. The summed E-state index contributed by atoms with van der Waals surface area (Å²) in [6, 6.07) is 12.0. The number of terminal acetylenes is 1. The molecule has 130 valence electrons. The van der Waals surface area contributed by atoms with Crippen LogP contribution in [0.25, 0.3) is 10.2 Å². The summed E-state index contributed by atoms with van der Waals surface area (Å²) < 4.78 is 8.39. The van der Waals surface area contributed by atoms with E-state index in [9.17, 15) is 9.59 Å². The van der Waals surface area contributed by atoms with Crippen LogP contribution in [0.5, 0.6) is 0 Å². The van der Waals surface area contributed by atoms with E-state index in [0.717, 1.165) is 14.7 Å². The second-order valence-corrected chi connectivity index (χ2v) is 7.20. The molecule has 0 bridgehead atoms. The third-order valence-corrected chi connectivity index (χ3v) is 5.18. The van der Waals surface area contributed by atoms with Crippen molar-refractivity contribution in [3.05, 3.63) is 62.9 Å². The van der Waals surface area contributed by atoms with Crippen LogP contribution in [0.3, 0.4) is 0 Å². The average molecular weight is 429 g/mol. The number of nitrogens with zero attached hydrogens (tertiary/aromatic N) is 2. The number of halogens is 1. The highest BCUT2D eigenvalue weighted by molar-refractivity contribution is 9.10. The minimum absolute atomic E-state index is 0.315. The second kappa shape index (κ2) is 7.68. The summed E-state index contributed by atoms with van der Waals surface area (Å²) in [4.78, 5) is 28.7. The number of hydrogen-bond acceptors (Lipinski definition) is 4. The lowest BCUT2D eigenvalue weighted by Gasteiger charge is -2.01. The van der Waals surface area contributed by atoms with Gasteiger partial charge in [0.2, 0.25) is 0 Å². The topological polar surface area (TPSA) is 60.7 Å². The van der Waals surface area contributed by atoms with Gasteiger partial charge in [-0.2, -0.15) is 4.99 Å². The van der Waals surface area contributed by atoms with Gasteiger partial charge < -0.3 is 9.30 Å². The summed E-state index contributed by atoms with van der Waals surface area (Å²) >= 11 is 4.83. The van der Waals surface area contributed by atoms with Gasteiger partial charge in [-0.3, -0.25) is 4.79 Å². The Morgan fingerprint density at radius 3 is 2.58 bits per heavy atom. The lowest BCUT2D eigenvalue weighted by atomic mass is 10.1. The molecule has 0 spiro atoms. The van der Waals surface area contributed by atoms with Crippen molar-refractivity contribution in [2.45, 2.75) is 6.54 Å². The molecule has 0 atom stereocenters. The fourth-order valence-electron chi connectivity index (χ4n) is 2.39. The molecule has 0 saturated heterocycles. The number of ether oxygens (including phenoxy) is 1. The molecule has 0 fully saturated rings. The molecule has 1 amide bonds. The van der Waals surface area contributed by atoms with E-state index in [0.29, 0.717) is 22.5 Å². The predicted octanol–water partition coefficient (Wildman–Crippen LogP) is 3.63. The summed E-state index contributed by atoms with van der Waals surface area (Å²) in [6.07, 6.45) is 5.46. The number of benzene rings is 2. The van der Waals surface area contributed by atoms with Gasteiger partial charge in [0.05, 0.1) is 29.4 Å². The van der Waals surface area contributed by atoms with Crippen LogP contribution in [0.2, 0.25) is 0 Å². The molecule has 0 N–H and O–H groups in total. The fraction of sp³-hybridized carbons (Fsp3) is 0.105. The Morgan fingerprint density at radius 2 is 1.92 bits per heavy atom. The van der Waals surface area contributed by atoms with Crippen molar-refractivity contribution in [3.63, 3.8) is 0 Å². The number of amides is 1. The van der Waals surface area contributed by atoms with E-state index in [1.54, 1.807) is 12.1 Å². The number of aromatic nitrogens is 1. The highest BCUT2D eigenvalue weighted by atomic mass is 79.9. The number of hydrogen-bond donors (Lipinski definition) is 0. The van der Waals surface area contributed by atoms with Gasteiger partial charge in [0, 0.05) is 10.0 Å². The van der Waals surface area contributed by atoms with Crippen LogP contribution in [0, 0.1) is 12.3 Å². The molecular weight excluding hydrogens is 416 g/mol. The summed E-state index contributed by atoms with van der Waals surface area (Å²) in [5.41, 5.74) is 1.67. The number of esters is 1. The predicted molar refractivity (Wildman–Crippen MR) is 104 cm³/mol. The Morgan fingerprint density at radius 1 is 1.23 bits per heavy atom. The number of methoxy groups -OCH3 is 1. The smallest absolute Gasteiger partial charge is 0.337 e. The fourth-order valence-corrected chi connectivity index (χ4v) is 3.97. The molecule has 0 radical (unpaired) electrons. The van der Waals surface area contributed by atoms with Crippen molar-refractivity contribution in [1.82, 2.24) is 4.57 Å². The summed E-state index contributed by atoms with van der Waals surface area (Å²) in [7, 11) is 1.31. The molecule has 26 heavy (non-hydrogen) atoms. The zero-order valence-corrected chi connectivity index (χ0v) is 16.1. The van der Waals surface area contributed by atoms with E-state index in [2.05, 4.69) is 31.6 Å². The van der Waals surface area contributed by atoms with Crippen LogP contribution in [-0.4, -0.2) is 23.6 Å². The van der Waals surface area contributed by atoms with Crippen LogP contribution in [0.15, 0.2) is 51.9 Å². The first-order chi connectivity index (χ1) is 12.5. The number of carbonyl (C=O) groups excluding carboxylic acids is 2. The van der Waals surface area contributed by atoms with Gasteiger partial charge in [0.15, 0.2) is 4.80 Å². The molecule has 2 aromatic carbocycles. The molecule has 0 aliphatic carbocycles. The van der Waals surface area contributed by atoms with Crippen LogP contribution >= 0.6 is 27.3 Å². The first-order valence-corrected chi connectivity index (χ1v) is 9.14. The first kappa shape index (κ1) is 18.1. The van der Waals surface area contributed by atoms with E-state index in [4.69, 9.17) is 6.42 Å². The maximum Gasteiger partial charge on any atom is 0.337 e. The van der Waals surface area contributed by atoms with Crippen LogP contribution in [0.4, 0.5) is 0 Å². The van der Waals surface area contributed by atoms with Gasteiger partial charge in [-0.1, -0.05) is 33.2 Å². The summed E-state index contributed by atoms with van der Waals surface area (Å²) in [5.74, 6) is 1.73. The molecule has 7 heteroatoms.